The van der Waals surface area contributed by atoms with E-state index < -0.39 is 5.60 Å². The molecule has 1 aromatic rings. The number of carbonyl (C=O) groups excluding carboxylic acids is 1. The van der Waals surface area contributed by atoms with Crippen LogP contribution in [0.2, 0.25) is 0 Å². The van der Waals surface area contributed by atoms with Crippen LogP contribution in [-0.2, 0) is 11.2 Å². The first-order valence-electron chi connectivity index (χ1n) is 9.73. The maximum Gasteiger partial charge on any atom is 0.228 e. The number of hydrogen-bond donors (Lipinski definition) is 1. The van der Waals surface area contributed by atoms with E-state index in [4.69, 9.17) is 0 Å². The molecular formula is C21H30FNO2. The molecule has 1 amide bonds. The van der Waals surface area contributed by atoms with Crippen molar-refractivity contribution in [2.45, 2.75) is 70.3 Å². The molecule has 1 N–H and O–H groups in total. The van der Waals surface area contributed by atoms with Crippen LogP contribution >= 0.6 is 0 Å². The van der Waals surface area contributed by atoms with Crippen LogP contribution in [0.3, 0.4) is 0 Å². The molecule has 138 valence electrons. The lowest BCUT2D eigenvalue weighted by molar-refractivity contribution is -0.148. The van der Waals surface area contributed by atoms with E-state index in [1.807, 2.05) is 4.90 Å². The van der Waals surface area contributed by atoms with Crippen molar-refractivity contribution in [2.24, 2.45) is 5.41 Å². The maximum atomic E-state index is 13.1. The predicted molar refractivity (Wildman–Crippen MR) is 96.7 cm³/mol. The number of piperidine rings is 1. The summed E-state index contributed by atoms with van der Waals surface area (Å²) in [6.07, 6.45) is 8.20. The molecular weight excluding hydrogens is 317 g/mol. The summed E-state index contributed by atoms with van der Waals surface area (Å²) in [6, 6.07) is 6.34. The third-order valence-electron chi connectivity index (χ3n) is 6.37. The summed E-state index contributed by atoms with van der Waals surface area (Å²) in [5.41, 5.74) is -0.00780. The Labute approximate surface area is 150 Å². The Morgan fingerprint density at radius 3 is 2.24 bits per heavy atom. The number of benzene rings is 1. The second-order valence-corrected chi connectivity index (χ2v) is 8.01. The van der Waals surface area contributed by atoms with Crippen molar-refractivity contribution in [3.8, 4) is 0 Å². The second-order valence-electron chi connectivity index (χ2n) is 8.01. The molecule has 0 bridgehead atoms. The first kappa shape index (κ1) is 18.4. The van der Waals surface area contributed by atoms with Gasteiger partial charge in [-0.05, 0) is 49.8 Å². The summed E-state index contributed by atoms with van der Waals surface area (Å²) in [5, 5.41) is 10.9. The van der Waals surface area contributed by atoms with Crippen LogP contribution in [0.5, 0.6) is 0 Å². The lowest BCUT2D eigenvalue weighted by Gasteiger charge is -2.44. The number of likely N-dealkylation sites (tertiary alicyclic amines) is 1. The zero-order valence-corrected chi connectivity index (χ0v) is 15.3. The van der Waals surface area contributed by atoms with Gasteiger partial charge < -0.3 is 10.0 Å². The number of aliphatic hydroxyl groups is 1. The molecule has 0 unspecified atom stereocenters. The van der Waals surface area contributed by atoms with Gasteiger partial charge in [0, 0.05) is 24.9 Å². The van der Waals surface area contributed by atoms with Crippen molar-refractivity contribution in [2.75, 3.05) is 13.1 Å². The van der Waals surface area contributed by atoms with Crippen molar-refractivity contribution >= 4 is 5.91 Å². The summed E-state index contributed by atoms with van der Waals surface area (Å²) in [6.45, 7) is 3.38. The zero-order chi connectivity index (χ0) is 17.9. The highest BCUT2D eigenvalue weighted by atomic mass is 19.1. The molecule has 2 aliphatic rings. The fraction of sp³-hybridized carbons (Fsp3) is 0.667. The SMILES string of the molecule is CCC1(C(=O)N2CCC(O)(Cc3ccc(F)cc3)CC2)CCCCC1. The van der Waals surface area contributed by atoms with E-state index in [-0.39, 0.29) is 11.2 Å². The van der Waals surface area contributed by atoms with Crippen LogP contribution in [0.25, 0.3) is 0 Å². The van der Waals surface area contributed by atoms with Gasteiger partial charge in [-0.15, -0.1) is 0 Å². The number of nitrogens with zero attached hydrogens (tertiary/aromatic N) is 1. The summed E-state index contributed by atoms with van der Waals surface area (Å²) >= 11 is 0. The standard InChI is InChI=1S/C21H30FNO2/c1-2-20(10-4-3-5-11-20)19(24)23-14-12-21(25,13-15-23)16-17-6-8-18(22)9-7-17/h6-9,25H,2-5,10-16H2,1H3. The van der Waals surface area contributed by atoms with Gasteiger partial charge in [0.25, 0.3) is 0 Å². The Balaban J connectivity index is 1.60. The monoisotopic (exact) mass is 347 g/mol. The van der Waals surface area contributed by atoms with Gasteiger partial charge in [0.15, 0.2) is 0 Å². The Kier molecular flexibility index (Phi) is 5.47. The van der Waals surface area contributed by atoms with E-state index in [0.717, 1.165) is 37.7 Å². The van der Waals surface area contributed by atoms with Crippen LogP contribution in [0.4, 0.5) is 4.39 Å². The van der Waals surface area contributed by atoms with Gasteiger partial charge in [-0.3, -0.25) is 4.79 Å². The maximum absolute atomic E-state index is 13.1. The fourth-order valence-corrected chi connectivity index (χ4v) is 4.57. The fourth-order valence-electron chi connectivity index (χ4n) is 4.57. The molecule has 1 heterocycles. The largest absolute Gasteiger partial charge is 0.389 e. The lowest BCUT2D eigenvalue weighted by atomic mass is 9.70. The molecule has 1 aliphatic carbocycles. The molecule has 1 saturated heterocycles. The van der Waals surface area contributed by atoms with Gasteiger partial charge in [0.2, 0.25) is 5.91 Å². The van der Waals surface area contributed by atoms with Gasteiger partial charge in [0.1, 0.15) is 5.82 Å². The highest BCUT2D eigenvalue weighted by molar-refractivity contribution is 5.83. The van der Waals surface area contributed by atoms with Gasteiger partial charge >= 0.3 is 0 Å². The molecule has 0 radical (unpaired) electrons. The molecule has 0 aromatic heterocycles. The molecule has 0 atom stereocenters. The van der Waals surface area contributed by atoms with Crippen LogP contribution in [0, 0.1) is 11.2 Å². The molecule has 2 fully saturated rings. The molecule has 4 heteroatoms. The first-order valence-corrected chi connectivity index (χ1v) is 9.73. The topological polar surface area (TPSA) is 40.5 Å². The molecule has 1 aromatic carbocycles. The van der Waals surface area contributed by atoms with E-state index in [1.54, 1.807) is 12.1 Å². The average Bonchev–Trinajstić information content (AvgIpc) is 2.64. The van der Waals surface area contributed by atoms with E-state index in [0.29, 0.717) is 38.3 Å². The van der Waals surface area contributed by atoms with Crippen LogP contribution in [0.1, 0.15) is 63.9 Å². The van der Waals surface area contributed by atoms with Crippen molar-refractivity contribution < 1.29 is 14.3 Å². The van der Waals surface area contributed by atoms with E-state index in [2.05, 4.69) is 6.92 Å². The Morgan fingerprint density at radius 1 is 1.08 bits per heavy atom. The number of amides is 1. The molecule has 3 nitrogen and oxygen atoms in total. The normalized spacial score (nSPS) is 22.6. The third kappa shape index (κ3) is 4.05. The van der Waals surface area contributed by atoms with Gasteiger partial charge in [-0.1, -0.05) is 38.3 Å². The van der Waals surface area contributed by atoms with Crippen LogP contribution in [0.15, 0.2) is 24.3 Å². The van der Waals surface area contributed by atoms with Crippen molar-refractivity contribution in [1.82, 2.24) is 4.90 Å². The molecule has 25 heavy (non-hydrogen) atoms. The van der Waals surface area contributed by atoms with E-state index >= 15 is 0 Å². The third-order valence-corrected chi connectivity index (χ3v) is 6.37. The number of hydrogen-bond acceptors (Lipinski definition) is 2. The zero-order valence-electron chi connectivity index (χ0n) is 15.3. The molecule has 0 spiro atoms. The number of carbonyl (C=O) groups is 1. The van der Waals surface area contributed by atoms with E-state index in [9.17, 15) is 14.3 Å². The summed E-state index contributed by atoms with van der Waals surface area (Å²) in [5.74, 6) is 0.0482. The summed E-state index contributed by atoms with van der Waals surface area (Å²) < 4.78 is 13.0. The van der Waals surface area contributed by atoms with Crippen LogP contribution < -0.4 is 0 Å². The Bertz CT molecular complexity index is 584. The van der Waals surface area contributed by atoms with E-state index in [1.165, 1.54) is 18.6 Å². The van der Waals surface area contributed by atoms with Crippen molar-refractivity contribution in [3.63, 3.8) is 0 Å². The Morgan fingerprint density at radius 2 is 1.68 bits per heavy atom. The summed E-state index contributed by atoms with van der Waals surface area (Å²) in [7, 11) is 0. The molecule has 3 rings (SSSR count). The highest BCUT2D eigenvalue weighted by Crippen LogP contribution is 2.41. The minimum atomic E-state index is -0.791. The minimum Gasteiger partial charge on any atom is -0.389 e. The smallest absolute Gasteiger partial charge is 0.228 e. The van der Waals surface area contributed by atoms with Crippen molar-refractivity contribution in [1.29, 1.82) is 0 Å². The number of halogens is 1. The lowest BCUT2D eigenvalue weighted by Crippen LogP contribution is -2.52. The minimum absolute atomic E-state index is 0.162. The van der Waals surface area contributed by atoms with Gasteiger partial charge in [0.05, 0.1) is 5.60 Å². The quantitative estimate of drug-likeness (QED) is 0.891. The van der Waals surface area contributed by atoms with Gasteiger partial charge in [-0.2, -0.15) is 0 Å². The average molecular weight is 347 g/mol. The molecule has 1 saturated carbocycles. The van der Waals surface area contributed by atoms with Gasteiger partial charge in [-0.25, -0.2) is 4.39 Å². The van der Waals surface area contributed by atoms with Crippen molar-refractivity contribution in [3.05, 3.63) is 35.6 Å². The van der Waals surface area contributed by atoms with Crippen LogP contribution in [-0.4, -0.2) is 34.6 Å². The first-order chi connectivity index (χ1) is 12.0. The predicted octanol–water partition coefficient (Wildman–Crippen LogP) is 4.08. The molecule has 1 aliphatic heterocycles. The highest BCUT2D eigenvalue weighted by Gasteiger charge is 2.43. The Hall–Kier alpha value is -1.42. The second kappa shape index (κ2) is 7.45. The number of rotatable bonds is 4. The summed E-state index contributed by atoms with van der Waals surface area (Å²) in [4.78, 5) is 15.1.